The lowest BCUT2D eigenvalue weighted by Gasteiger charge is -2.24. The molecule has 0 saturated heterocycles. The predicted octanol–water partition coefficient (Wildman–Crippen LogP) is 4.07. The van der Waals surface area contributed by atoms with Crippen molar-refractivity contribution in [3.63, 3.8) is 0 Å². The Bertz CT molecular complexity index is 871. The number of halogens is 1. The van der Waals surface area contributed by atoms with Crippen LogP contribution < -0.4 is 4.90 Å². The number of nitrogens with zero attached hydrogens (tertiary/aromatic N) is 2. The van der Waals surface area contributed by atoms with Gasteiger partial charge in [-0.15, -0.1) is 0 Å². The van der Waals surface area contributed by atoms with Gasteiger partial charge in [-0.3, -0.25) is 4.79 Å². The number of hydrogen-bond donors (Lipinski definition) is 0. The summed E-state index contributed by atoms with van der Waals surface area (Å²) in [4.78, 5) is 16.2. The minimum Gasteiger partial charge on any atom is -0.365 e. The number of amides is 1. The molecule has 0 radical (unpaired) electrons. The monoisotopic (exact) mass is 336 g/mol. The van der Waals surface area contributed by atoms with Crippen LogP contribution in [0.5, 0.6) is 0 Å². The summed E-state index contributed by atoms with van der Waals surface area (Å²) in [5.74, 6) is -0.256. The summed E-state index contributed by atoms with van der Waals surface area (Å²) in [6.07, 6.45) is 0. The largest absolute Gasteiger partial charge is 0.365 e. The normalized spacial score (nSPS) is 10.7. The topological polar surface area (TPSA) is 23.6 Å². The molecule has 0 fully saturated rings. The number of carbonyl (C=O) groups is 1. The fourth-order valence-electron chi connectivity index (χ4n) is 2.90. The summed E-state index contributed by atoms with van der Waals surface area (Å²) < 4.78 is 13.0. The van der Waals surface area contributed by atoms with Crippen molar-refractivity contribution in [3.05, 3.63) is 78.1 Å². The Morgan fingerprint density at radius 3 is 2.36 bits per heavy atom. The van der Waals surface area contributed by atoms with E-state index in [4.69, 9.17) is 0 Å². The lowest BCUT2D eigenvalue weighted by molar-refractivity contribution is -0.128. The molecule has 0 aliphatic carbocycles. The van der Waals surface area contributed by atoms with Gasteiger partial charge < -0.3 is 9.80 Å². The second-order valence-electron chi connectivity index (χ2n) is 6.23. The molecule has 0 unspecified atom stereocenters. The lowest BCUT2D eigenvalue weighted by Crippen LogP contribution is -2.36. The van der Waals surface area contributed by atoms with Gasteiger partial charge in [0, 0.05) is 31.7 Å². The van der Waals surface area contributed by atoms with Gasteiger partial charge in [0.05, 0.1) is 6.54 Å². The SMILES string of the molecule is CN(Cc1ccc(F)cc1)C(=O)CN(C)c1cccc2ccccc12. The Morgan fingerprint density at radius 1 is 0.920 bits per heavy atom. The van der Waals surface area contributed by atoms with Crippen LogP contribution in [0.25, 0.3) is 10.8 Å². The van der Waals surface area contributed by atoms with Gasteiger partial charge in [0.2, 0.25) is 5.91 Å². The molecule has 0 atom stereocenters. The fourth-order valence-corrected chi connectivity index (χ4v) is 2.90. The average molecular weight is 336 g/mol. The molecule has 3 aromatic carbocycles. The first-order valence-corrected chi connectivity index (χ1v) is 8.22. The van der Waals surface area contributed by atoms with Gasteiger partial charge >= 0.3 is 0 Å². The van der Waals surface area contributed by atoms with Crippen LogP contribution in [0.4, 0.5) is 10.1 Å². The number of carbonyl (C=O) groups excluding carboxylic acids is 1. The van der Waals surface area contributed by atoms with Gasteiger partial charge in [-0.25, -0.2) is 4.39 Å². The van der Waals surface area contributed by atoms with Crippen molar-refractivity contribution >= 4 is 22.4 Å². The zero-order chi connectivity index (χ0) is 17.8. The van der Waals surface area contributed by atoms with Gasteiger partial charge in [-0.05, 0) is 29.1 Å². The first kappa shape index (κ1) is 17.0. The molecular weight excluding hydrogens is 315 g/mol. The van der Waals surface area contributed by atoms with Crippen LogP contribution in [0.3, 0.4) is 0 Å². The van der Waals surface area contributed by atoms with Crippen molar-refractivity contribution in [3.8, 4) is 0 Å². The molecule has 0 heterocycles. The molecule has 3 nitrogen and oxygen atoms in total. The maximum Gasteiger partial charge on any atom is 0.242 e. The molecule has 0 N–H and O–H groups in total. The maximum atomic E-state index is 13.0. The standard InChI is InChI=1S/C21H21FN2O/c1-23(20-9-5-7-17-6-3-4-8-19(17)20)15-21(25)24(2)14-16-10-12-18(22)13-11-16/h3-13H,14-15H2,1-2H3. The van der Waals surface area contributed by atoms with Crippen LogP contribution in [0.2, 0.25) is 0 Å². The van der Waals surface area contributed by atoms with E-state index in [0.29, 0.717) is 6.54 Å². The average Bonchev–Trinajstić information content (AvgIpc) is 2.63. The second-order valence-corrected chi connectivity index (χ2v) is 6.23. The minimum absolute atomic E-state index is 0.0137. The van der Waals surface area contributed by atoms with Crippen molar-refractivity contribution in [1.29, 1.82) is 0 Å². The van der Waals surface area contributed by atoms with E-state index in [-0.39, 0.29) is 18.3 Å². The number of anilines is 1. The van der Waals surface area contributed by atoms with E-state index in [1.807, 2.05) is 36.2 Å². The first-order chi connectivity index (χ1) is 12.0. The highest BCUT2D eigenvalue weighted by molar-refractivity contribution is 5.95. The van der Waals surface area contributed by atoms with Gasteiger partial charge in [0.15, 0.2) is 0 Å². The highest BCUT2D eigenvalue weighted by Crippen LogP contribution is 2.25. The quantitative estimate of drug-likeness (QED) is 0.701. The van der Waals surface area contributed by atoms with Crippen molar-refractivity contribution in [2.75, 3.05) is 25.5 Å². The van der Waals surface area contributed by atoms with Crippen LogP contribution >= 0.6 is 0 Å². The first-order valence-electron chi connectivity index (χ1n) is 8.22. The molecule has 0 aromatic heterocycles. The summed E-state index contributed by atoms with van der Waals surface area (Å²) in [6, 6.07) is 20.5. The molecule has 0 spiro atoms. The van der Waals surface area contributed by atoms with Gasteiger partial charge in [-0.2, -0.15) is 0 Å². The van der Waals surface area contributed by atoms with E-state index in [0.717, 1.165) is 22.0 Å². The van der Waals surface area contributed by atoms with E-state index >= 15 is 0 Å². The van der Waals surface area contributed by atoms with E-state index in [1.54, 1.807) is 24.1 Å². The number of rotatable bonds is 5. The molecule has 0 aliphatic heterocycles. The molecule has 0 aliphatic rings. The predicted molar refractivity (Wildman–Crippen MR) is 100 cm³/mol. The highest BCUT2D eigenvalue weighted by atomic mass is 19.1. The van der Waals surface area contributed by atoms with E-state index in [1.165, 1.54) is 12.1 Å². The number of fused-ring (bicyclic) bond motifs is 1. The summed E-state index contributed by atoms with van der Waals surface area (Å²) in [7, 11) is 3.69. The van der Waals surface area contributed by atoms with Crippen LogP contribution in [0, 0.1) is 5.82 Å². The van der Waals surface area contributed by atoms with E-state index in [9.17, 15) is 9.18 Å². The highest BCUT2D eigenvalue weighted by Gasteiger charge is 2.14. The Labute approximate surface area is 147 Å². The molecule has 25 heavy (non-hydrogen) atoms. The molecular formula is C21H21FN2O. The summed E-state index contributed by atoms with van der Waals surface area (Å²) >= 11 is 0. The van der Waals surface area contributed by atoms with Gasteiger partial charge in [0.1, 0.15) is 5.82 Å². The molecule has 1 amide bonds. The minimum atomic E-state index is -0.270. The molecule has 4 heteroatoms. The van der Waals surface area contributed by atoms with Crippen LogP contribution in [-0.4, -0.2) is 31.4 Å². The maximum absolute atomic E-state index is 13.0. The third-order valence-electron chi connectivity index (χ3n) is 4.31. The Balaban J connectivity index is 1.70. The molecule has 0 saturated carbocycles. The molecule has 3 aromatic rings. The van der Waals surface area contributed by atoms with Gasteiger partial charge in [-0.1, -0.05) is 48.5 Å². The zero-order valence-corrected chi connectivity index (χ0v) is 14.4. The third kappa shape index (κ3) is 3.97. The zero-order valence-electron chi connectivity index (χ0n) is 14.4. The number of likely N-dealkylation sites (N-methyl/N-ethyl adjacent to an activating group) is 2. The number of benzene rings is 3. The molecule has 128 valence electrons. The van der Waals surface area contributed by atoms with Gasteiger partial charge in [0.25, 0.3) is 0 Å². The third-order valence-corrected chi connectivity index (χ3v) is 4.31. The Kier molecular flexibility index (Phi) is 4.98. The smallest absolute Gasteiger partial charge is 0.242 e. The van der Waals surface area contributed by atoms with Crippen molar-refractivity contribution in [2.24, 2.45) is 0 Å². The summed E-state index contributed by atoms with van der Waals surface area (Å²) in [5, 5.41) is 2.28. The van der Waals surface area contributed by atoms with Crippen molar-refractivity contribution in [1.82, 2.24) is 4.90 Å². The molecule has 3 rings (SSSR count). The lowest BCUT2D eigenvalue weighted by atomic mass is 10.1. The molecule has 0 bridgehead atoms. The fraction of sp³-hybridized carbons (Fsp3) is 0.190. The van der Waals surface area contributed by atoms with Crippen LogP contribution in [0.15, 0.2) is 66.7 Å². The number of hydrogen-bond acceptors (Lipinski definition) is 2. The second kappa shape index (κ2) is 7.34. The Morgan fingerprint density at radius 2 is 1.60 bits per heavy atom. The van der Waals surface area contributed by atoms with E-state index in [2.05, 4.69) is 18.2 Å². The summed E-state index contributed by atoms with van der Waals surface area (Å²) in [6.45, 7) is 0.744. The summed E-state index contributed by atoms with van der Waals surface area (Å²) in [5.41, 5.74) is 1.94. The van der Waals surface area contributed by atoms with Crippen molar-refractivity contribution < 1.29 is 9.18 Å². The Hall–Kier alpha value is -2.88. The van der Waals surface area contributed by atoms with Crippen molar-refractivity contribution in [2.45, 2.75) is 6.54 Å². The van der Waals surface area contributed by atoms with E-state index < -0.39 is 0 Å². The van der Waals surface area contributed by atoms with Crippen LogP contribution in [-0.2, 0) is 11.3 Å². The van der Waals surface area contributed by atoms with Crippen LogP contribution in [0.1, 0.15) is 5.56 Å².